The van der Waals surface area contributed by atoms with Crippen molar-refractivity contribution in [3.05, 3.63) is 0 Å². The maximum absolute atomic E-state index is 11.6. The topological polar surface area (TPSA) is 58.4 Å². The van der Waals surface area contributed by atoms with Crippen molar-refractivity contribution in [2.24, 2.45) is 5.73 Å². The average molecular weight is 231 g/mol. The van der Waals surface area contributed by atoms with Crippen molar-refractivity contribution in [2.75, 3.05) is 32.1 Å². The number of thioether (sulfide) groups is 1. The first-order chi connectivity index (χ1) is 7.13. The summed E-state index contributed by atoms with van der Waals surface area (Å²) < 4.78 is 0. The number of likely N-dealkylation sites (tertiary alicyclic amines) is 1. The van der Waals surface area contributed by atoms with E-state index in [1.165, 1.54) is 0 Å². The summed E-state index contributed by atoms with van der Waals surface area (Å²) in [5.41, 5.74) is 5.78. The fraction of sp³-hybridized carbons (Fsp3) is 0.900. The highest BCUT2D eigenvalue weighted by atomic mass is 32.2. The van der Waals surface area contributed by atoms with Gasteiger partial charge in [0.2, 0.25) is 5.91 Å². The molecule has 88 valence electrons. The van der Waals surface area contributed by atoms with Gasteiger partial charge in [0.05, 0.1) is 6.04 Å². The van der Waals surface area contributed by atoms with Gasteiger partial charge in [-0.15, -0.1) is 0 Å². The number of nitrogens with two attached hydrogens (primary N) is 1. The third kappa shape index (κ3) is 4.40. The Bertz CT molecular complexity index is 213. The van der Waals surface area contributed by atoms with Gasteiger partial charge in [-0.3, -0.25) is 4.79 Å². The molecule has 1 rings (SSSR count). The van der Waals surface area contributed by atoms with E-state index in [4.69, 9.17) is 5.73 Å². The van der Waals surface area contributed by atoms with Crippen LogP contribution in [0.1, 0.15) is 12.8 Å². The fourth-order valence-corrected chi connectivity index (χ4v) is 2.23. The van der Waals surface area contributed by atoms with Crippen LogP contribution in [0.25, 0.3) is 0 Å². The Morgan fingerprint density at radius 3 is 3.00 bits per heavy atom. The highest BCUT2D eigenvalue weighted by Gasteiger charge is 2.23. The molecule has 1 heterocycles. The number of likely N-dealkylation sites (N-methyl/N-ethyl adjacent to an activating group) is 1. The lowest BCUT2D eigenvalue weighted by Gasteiger charge is -2.16. The first-order valence-corrected chi connectivity index (χ1v) is 6.76. The number of hydrogen-bond acceptors (Lipinski definition) is 4. The lowest BCUT2D eigenvalue weighted by molar-refractivity contribution is -0.123. The molecule has 15 heavy (non-hydrogen) atoms. The van der Waals surface area contributed by atoms with E-state index >= 15 is 0 Å². The summed E-state index contributed by atoms with van der Waals surface area (Å²) in [7, 11) is 2.07. The molecule has 1 aliphatic rings. The molecule has 0 aromatic heterocycles. The van der Waals surface area contributed by atoms with Gasteiger partial charge in [-0.25, -0.2) is 0 Å². The van der Waals surface area contributed by atoms with Gasteiger partial charge >= 0.3 is 0 Å². The first kappa shape index (κ1) is 12.8. The molecule has 5 heteroatoms. The van der Waals surface area contributed by atoms with Crippen LogP contribution < -0.4 is 11.1 Å². The zero-order valence-electron chi connectivity index (χ0n) is 9.53. The van der Waals surface area contributed by atoms with Crippen LogP contribution in [0.3, 0.4) is 0 Å². The Kier molecular flexibility index (Phi) is 5.42. The van der Waals surface area contributed by atoms with Gasteiger partial charge < -0.3 is 16.0 Å². The predicted molar refractivity (Wildman–Crippen MR) is 65.0 cm³/mol. The smallest absolute Gasteiger partial charge is 0.237 e. The van der Waals surface area contributed by atoms with E-state index in [0.717, 1.165) is 31.7 Å². The predicted octanol–water partition coefficient (Wildman–Crippen LogP) is -0.113. The Morgan fingerprint density at radius 2 is 2.47 bits per heavy atom. The van der Waals surface area contributed by atoms with E-state index in [9.17, 15) is 4.79 Å². The monoisotopic (exact) mass is 231 g/mol. The minimum Gasteiger partial charge on any atom is -0.351 e. The standard InChI is InChI=1S/C10H21N3OS/c1-13-5-3-8(7-13)12-10(14)9(11)4-6-15-2/h8-9H,3-7,11H2,1-2H3,(H,12,14)/t8?,9-/m1/s1. The fourth-order valence-electron chi connectivity index (χ4n) is 1.74. The van der Waals surface area contributed by atoms with E-state index in [-0.39, 0.29) is 11.9 Å². The van der Waals surface area contributed by atoms with E-state index in [1.807, 2.05) is 6.26 Å². The van der Waals surface area contributed by atoms with Crippen molar-refractivity contribution >= 4 is 17.7 Å². The second-order valence-corrected chi connectivity index (χ2v) is 5.13. The largest absolute Gasteiger partial charge is 0.351 e. The average Bonchev–Trinajstić information content (AvgIpc) is 2.60. The number of carbonyl (C=O) groups is 1. The van der Waals surface area contributed by atoms with E-state index in [0.29, 0.717) is 6.04 Å². The normalized spacial score (nSPS) is 24.1. The van der Waals surface area contributed by atoms with Gasteiger partial charge in [0, 0.05) is 12.6 Å². The molecule has 1 aliphatic heterocycles. The van der Waals surface area contributed by atoms with Gasteiger partial charge in [-0.1, -0.05) is 0 Å². The third-order valence-corrected chi connectivity index (χ3v) is 3.35. The molecule has 0 aromatic rings. The van der Waals surface area contributed by atoms with Crippen LogP contribution in [0.4, 0.5) is 0 Å². The molecule has 1 fully saturated rings. The summed E-state index contributed by atoms with van der Waals surface area (Å²) in [5.74, 6) is 0.948. The number of nitrogens with one attached hydrogen (secondary N) is 1. The summed E-state index contributed by atoms with van der Waals surface area (Å²) in [6, 6.07) is -0.0498. The minimum absolute atomic E-state index is 0.00403. The molecule has 0 bridgehead atoms. The van der Waals surface area contributed by atoms with Crippen LogP contribution >= 0.6 is 11.8 Å². The lowest BCUT2D eigenvalue weighted by atomic mass is 10.2. The number of nitrogens with zero attached hydrogens (tertiary/aromatic N) is 1. The number of rotatable bonds is 5. The van der Waals surface area contributed by atoms with Crippen molar-refractivity contribution in [3.63, 3.8) is 0 Å². The van der Waals surface area contributed by atoms with Crippen molar-refractivity contribution in [3.8, 4) is 0 Å². The Hall–Kier alpha value is -0.260. The first-order valence-electron chi connectivity index (χ1n) is 5.37. The maximum atomic E-state index is 11.6. The van der Waals surface area contributed by atoms with Gasteiger partial charge in [0.15, 0.2) is 0 Å². The summed E-state index contributed by atoms with van der Waals surface area (Å²) in [5, 5.41) is 3.00. The molecule has 0 saturated carbocycles. The van der Waals surface area contributed by atoms with Crippen LogP contribution in [-0.2, 0) is 4.79 Å². The highest BCUT2D eigenvalue weighted by Crippen LogP contribution is 2.06. The van der Waals surface area contributed by atoms with E-state index in [1.54, 1.807) is 11.8 Å². The summed E-state index contributed by atoms with van der Waals surface area (Å²) in [6.07, 6.45) is 3.82. The van der Waals surface area contributed by atoms with Gasteiger partial charge in [0.25, 0.3) is 0 Å². The Morgan fingerprint density at radius 1 is 1.73 bits per heavy atom. The Labute approximate surface area is 96.0 Å². The molecule has 0 radical (unpaired) electrons. The third-order valence-electron chi connectivity index (χ3n) is 2.71. The van der Waals surface area contributed by atoms with Gasteiger partial charge in [0.1, 0.15) is 0 Å². The summed E-state index contributed by atoms with van der Waals surface area (Å²) in [6.45, 7) is 2.01. The van der Waals surface area contributed by atoms with Gasteiger partial charge in [-0.05, 0) is 38.4 Å². The molecule has 2 atom stereocenters. The quantitative estimate of drug-likeness (QED) is 0.693. The molecule has 1 unspecified atom stereocenters. The number of carbonyl (C=O) groups excluding carboxylic acids is 1. The molecular formula is C10H21N3OS. The van der Waals surface area contributed by atoms with Crippen LogP contribution in [0.2, 0.25) is 0 Å². The maximum Gasteiger partial charge on any atom is 0.237 e. The Balaban J connectivity index is 2.22. The summed E-state index contributed by atoms with van der Waals surface area (Å²) >= 11 is 1.72. The highest BCUT2D eigenvalue weighted by molar-refractivity contribution is 7.98. The van der Waals surface area contributed by atoms with Crippen molar-refractivity contribution < 1.29 is 4.79 Å². The molecule has 1 amide bonds. The van der Waals surface area contributed by atoms with Crippen LogP contribution in [0.15, 0.2) is 0 Å². The second kappa shape index (κ2) is 6.35. The van der Waals surface area contributed by atoms with Crippen LogP contribution in [0.5, 0.6) is 0 Å². The van der Waals surface area contributed by atoms with Crippen molar-refractivity contribution in [2.45, 2.75) is 24.9 Å². The summed E-state index contributed by atoms with van der Waals surface area (Å²) in [4.78, 5) is 13.9. The lowest BCUT2D eigenvalue weighted by Crippen LogP contribution is -2.46. The second-order valence-electron chi connectivity index (χ2n) is 4.14. The molecule has 1 saturated heterocycles. The van der Waals surface area contributed by atoms with E-state index < -0.39 is 0 Å². The SMILES string of the molecule is CSCC[C@@H](N)C(=O)NC1CCN(C)C1. The van der Waals surface area contributed by atoms with Crippen LogP contribution in [0, 0.1) is 0 Å². The molecule has 0 aromatic carbocycles. The number of amides is 1. The molecule has 0 spiro atoms. The van der Waals surface area contributed by atoms with Crippen LogP contribution in [-0.4, -0.2) is 55.0 Å². The van der Waals surface area contributed by atoms with E-state index in [2.05, 4.69) is 17.3 Å². The molecule has 0 aliphatic carbocycles. The minimum atomic E-state index is -0.344. The van der Waals surface area contributed by atoms with Gasteiger partial charge in [-0.2, -0.15) is 11.8 Å². The molecule has 3 N–H and O–H groups in total. The van der Waals surface area contributed by atoms with Crippen molar-refractivity contribution in [1.82, 2.24) is 10.2 Å². The zero-order chi connectivity index (χ0) is 11.3. The molecular weight excluding hydrogens is 210 g/mol. The zero-order valence-corrected chi connectivity index (χ0v) is 10.3. The molecule has 4 nitrogen and oxygen atoms in total. The number of hydrogen-bond donors (Lipinski definition) is 2. The van der Waals surface area contributed by atoms with Crippen molar-refractivity contribution in [1.29, 1.82) is 0 Å².